The molecule has 1 atom stereocenters. The molecule has 0 saturated heterocycles. The molecule has 1 aromatic heterocycles. The molecule has 0 aliphatic carbocycles. The third kappa shape index (κ3) is 7.46. The highest BCUT2D eigenvalue weighted by atomic mass is 32.1. The molecule has 0 aliphatic rings. The lowest BCUT2D eigenvalue weighted by atomic mass is 10.1. The Morgan fingerprint density at radius 1 is 1.42 bits per heavy atom. The third-order valence-corrected chi connectivity index (χ3v) is 3.64. The summed E-state index contributed by atoms with van der Waals surface area (Å²) in [6.45, 7) is 3.03. The summed E-state index contributed by atoms with van der Waals surface area (Å²) in [5, 5.41) is 16.1. The standard InChI is InChI=1S/C13H20N2O3S/c1-10(4-5-12(16)17)9-15-13(18)14-7-6-11-3-2-8-19-11/h2-3,8,10H,4-7,9H2,1H3,(H,16,17)(H2,14,15,18). The van der Waals surface area contributed by atoms with E-state index in [0.717, 1.165) is 6.42 Å². The lowest BCUT2D eigenvalue weighted by molar-refractivity contribution is -0.137. The van der Waals surface area contributed by atoms with Crippen LogP contribution in [-0.2, 0) is 11.2 Å². The number of thiophene rings is 1. The van der Waals surface area contributed by atoms with E-state index in [1.807, 2.05) is 24.4 Å². The molecule has 106 valence electrons. The number of hydrogen-bond donors (Lipinski definition) is 3. The van der Waals surface area contributed by atoms with Crippen molar-refractivity contribution in [2.45, 2.75) is 26.2 Å². The van der Waals surface area contributed by atoms with Crippen molar-refractivity contribution >= 4 is 23.3 Å². The first kappa shape index (κ1) is 15.5. The minimum Gasteiger partial charge on any atom is -0.481 e. The first-order valence-corrected chi connectivity index (χ1v) is 7.21. The van der Waals surface area contributed by atoms with Gasteiger partial charge in [0, 0.05) is 24.4 Å². The van der Waals surface area contributed by atoms with Crippen molar-refractivity contribution in [2.75, 3.05) is 13.1 Å². The molecular formula is C13H20N2O3S. The van der Waals surface area contributed by atoms with Gasteiger partial charge in [0.25, 0.3) is 0 Å². The molecule has 1 aromatic rings. The molecule has 19 heavy (non-hydrogen) atoms. The number of carboxylic acids is 1. The van der Waals surface area contributed by atoms with Gasteiger partial charge in [0.2, 0.25) is 0 Å². The van der Waals surface area contributed by atoms with Gasteiger partial charge in [-0.3, -0.25) is 4.79 Å². The average molecular weight is 284 g/mol. The van der Waals surface area contributed by atoms with Crippen LogP contribution in [0.3, 0.4) is 0 Å². The minimum atomic E-state index is -0.799. The van der Waals surface area contributed by atoms with E-state index in [4.69, 9.17) is 5.11 Å². The molecule has 1 unspecified atom stereocenters. The molecular weight excluding hydrogens is 264 g/mol. The number of rotatable bonds is 8. The molecule has 5 nitrogen and oxygen atoms in total. The first-order chi connectivity index (χ1) is 9.08. The highest BCUT2D eigenvalue weighted by Gasteiger charge is 2.07. The van der Waals surface area contributed by atoms with Crippen LogP contribution in [0.1, 0.15) is 24.6 Å². The summed E-state index contributed by atoms with van der Waals surface area (Å²) in [7, 11) is 0. The molecule has 3 N–H and O–H groups in total. The maximum absolute atomic E-state index is 11.5. The smallest absolute Gasteiger partial charge is 0.314 e. The summed E-state index contributed by atoms with van der Waals surface area (Å²) in [5.41, 5.74) is 0. The number of amides is 2. The fourth-order valence-corrected chi connectivity index (χ4v) is 2.26. The van der Waals surface area contributed by atoms with E-state index in [-0.39, 0.29) is 18.4 Å². The van der Waals surface area contributed by atoms with Gasteiger partial charge >= 0.3 is 12.0 Å². The van der Waals surface area contributed by atoms with Gasteiger partial charge in [-0.05, 0) is 30.2 Å². The van der Waals surface area contributed by atoms with E-state index in [0.29, 0.717) is 19.5 Å². The topological polar surface area (TPSA) is 78.4 Å². The summed E-state index contributed by atoms with van der Waals surface area (Å²) in [6.07, 6.45) is 1.55. The van der Waals surface area contributed by atoms with Gasteiger partial charge in [0.05, 0.1) is 0 Å². The summed E-state index contributed by atoms with van der Waals surface area (Å²) < 4.78 is 0. The lowest BCUT2D eigenvalue weighted by Crippen LogP contribution is -2.38. The van der Waals surface area contributed by atoms with Crippen molar-refractivity contribution in [1.29, 1.82) is 0 Å². The van der Waals surface area contributed by atoms with Crippen molar-refractivity contribution in [2.24, 2.45) is 5.92 Å². The van der Waals surface area contributed by atoms with Gasteiger partial charge in [-0.15, -0.1) is 11.3 Å². The highest BCUT2D eigenvalue weighted by Crippen LogP contribution is 2.08. The van der Waals surface area contributed by atoms with Crippen LogP contribution in [0, 0.1) is 5.92 Å². The fourth-order valence-electron chi connectivity index (χ4n) is 1.56. The summed E-state index contributed by atoms with van der Waals surface area (Å²) >= 11 is 1.67. The van der Waals surface area contributed by atoms with Crippen molar-refractivity contribution in [3.63, 3.8) is 0 Å². The van der Waals surface area contributed by atoms with Crippen LogP contribution in [0.15, 0.2) is 17.5 Å². The first-order valence-electron chi connectivity index (χ1n) is 6.34. The van der Waals surface area contributed by atoms with E-state index in [1.165, 1.54) is 4.88 Å². The van der Waals surface area contributed by atoms with E-state index in [9.17, 15) is 9.59 Å². The van der Waals surface area contributed by atoms with Crippen molar-refractivity contribution < 1.29 is 14.7 Å². The normalized spacial score (nSPS) is 11.8. The number of urea groups is 1. The molecule has 0 fully saturated rings. The number of aliphatic carboxylic acids is 1. The third-order valence-electron chi connectivity index (χ3n) is 2.70. The predicted octanol–water partition coefficient (Wildman–Crippen LogP) is 2.09. The Bertz CT molecular complexity index is 393. The molecule has 0 saturated carbocycles. The Labute approximate surface area is 117 Å². The predicted molar refractivity (Wildman–Crippen MR) is 75.5 cm³/mol. The van der Waals surface area contributed by atoms with Gasteiger partial charge in [0.15, 0.2) is 0 Å². The number of carbonyl (C=O) groups is 2. The number of carbonyl (C=O) groups excluding carboxylic acids is 1. The molecule has 0 bridgehead atoms. The maximum Gasteiger partial charge on any atom is 0.314 e. The highest BCUT2D eigenvalue weighted by molar-refractivity contribution is 7.09. The zero-order chi connectivity index (χ0) is 14.1. The Kier molecular flexibility index (Phi) is 6.95. The maximum atomic E-state index is 11.5. The minimum absolute atomic E-state index is 0.142. The monoisotopic (exact) mass is 284 g/mol. The number of nitrogens with one attached hydrogen (secondary N) is 2. The van der Waals surface area contributed by atoms with Gasteiger partial charge < -0.3 is 15.7 Å². The largest absolute Gasteiger partial charge is 0.481 e. The Morgan fingerprint density at radius 2 is 2.21 bits per heavy atom. The number of hydrogen-bond acceptors (Lipinski definition) is 3. The Hall–Kier alpha value is -1.56. The summed E-state index contributed by atoms with van der Waals surface area (Å²) in [6, 6.07) is 3.83. The van der Waals surface area contributed by atoms with Gasteiger partial charge in [0.1, 0.15) is 0 Å². The molecule has 6 heteroatoms. The fraction of sp³-hybridized carbons (Fsp3) is 0.538. The molecule has 0 radical (unpaired) electrons. The van der Waals surface area contributed by atoms with Crippen molar-refractivity contribution in [3.8, 4) is 0 Å². The second kappa shape index (κ2) is 8.53. The molecule has 2 amide bonds. The van der Waals surface area contributed by atoms with Crippen LogP contribution in [0.4, 0.5) is 4.79 Å². The summed E-state index contributed by atoms with van der Waals surface area (Å²) in [5.74, 6) is -0.633. The molecule has 1 rings (SSSR count). The Balaban J connectivity index is 2.05. The van der Waals surface area contributed by atoms with Crippen molar-refractivity contribution in [1.82, 2.24) is 10.6 Å². The van der Waals surface area contributed by atoms with Crippen LogP contribution in [0.2, 0.25) is 0 Å². The van der Waals surface area contributed by atoms with E-state index in [2.05, 4.69) is 10.6 Å². The van der Waals surface area contributed by atoms with Gasteiger partial charge in [-0.25, -0.2) is 4.79 Å². The number of carboxylic acid groups (broad SMARTS) is 1. The second-order valence-electron chi connectivity index (χ2n) is 4.50. The lowest BCUT2D eigenvalue weighted by Gasteiger charge is -2.12. The average Bonchev–Trinajstić information content (AvgIpc) is 2.87. The summed E-state index contributed by atoms with van der Waals surface area (Å²) in [4.78, 5) is 23.1. The van der Waals surface area contributed by atoms with Crippen LogP contribution < -0.4 is 10.6 Å². The molecule has 0 aromatic carbocycles. The van der Waals surface area contributed by atoms with Crippen LogP contribution >= 0.6 is 11.3 Å². The van der Waals surface area contributed by atoms with Crippen molar-refractivity contribution in [3.05, 3.63) is 22.4 Å². The van der Waals surface area contributed by atoms with E-state index < -0.39 is 5.97 Å². The van der Waals surface area contributed by atoms with Gasteiger partial charge in [-0.1, -0.05) is 13.0 Å². The zero-order valence-corrected chi connectivity index (χ0v) is 11.8. The van der Waals surface area contributed by atoms with Gasteiger partial charge in [-0.2, -0.15) is 0 Å². The SMILES string of the molecule is CC(CCC(=O)O)CNC(=O)NCCc1cccs1. The van der Waals surface area contributed by atoms with Crippen LogP contribution in [0.25, 0.3) is 0 Å². The molecule has 0 aliphatic heterocycles. The molecule has 1 heterocycles. The van der Waals surface area contributed by atoms with E-state index >= 15 is 0 Å². The Morgan fingerprint density at radius 3 is 2.84 bits per heavy atom. The quantitative estimate of drug-likeness (QED) is 0.684. The van der Waals surface area contributed by atoms with Crippen LogP contribution in [0.5, 0.6) is 0 Å². The zero-order valence-electron chi connectivity index (χ0n) is 11.0. The van der Waals surface area contributed by atoms with Crippen LogP contribution in [-0.4, -0.2) is 30.2 Å². The second-order valence-corrected chi connectivity index (χ2v) is 5.54. The van der Waals surface area contributed by atoms with E-state index in [1.54, 1.807) is 11.3 Å². The molecule has 0 spiro atoms.